The fourth-order valence-corrected chi connectivity index (χ4v) is 3.26. The maximum Gasteiger partial charge on any atom is 0.251 e. The number of carbonyl (C=O) groups excluding carboxylic acids is 3. The lowest BCUT2D eigenvalue weighted by molar-refractivity contribution is -0.121. The fraction of sp³-hybridized carbons (Fsp3) is 0.294. The number of anilines is 1. The van der Waals surface area contributed by atoms with E-state index in [0.29, 0.717) is 17.8 Å². The first-order valence-electron chi connectivity index (χ1n) is 7.69. The van der Waals surface area contributed by atoms with Gasteiger partial charge in [-0.15, -0.1) is 11.3 Å². The van der Waals surface area contributed by atoms with Gasteiger partial charge in [-0.3, -0.25) is 19.3 Å². The summed E-state index contributed by atoms with van der Waals surface area (Å²) in [4.78, 5) is 41.3. The van der Waals surface area contributed by atoms with Gasteiger partial charge in [-0.05, 0) is 18.2 Å². The fourth-order valence-electron chi connectivity index (χ4n) is 2.56. The van der Waals surface area contributed by atoms with Crippen LogP contribution in [0.15, 0.2) is 35.8 Å². The Labute approximate surface area is 143 Å². The topological polar surface area (TPSA) is 79.4 Å². The monoisotopic (exact) mass is 343 g/mol. The first-order valence-corrected chi connectivity index (χ1v) is 8.57. The molecule has 2 heterocycles. The third-order valence-corrected chi connectivity index (χ3v) is 4.87. The summed E-state index contributed by atoms with van der Waals surface area (Å²) in [5, 5.41) is 5.74. The van der Waals surface area contributed by atoms with Crippen LogP contribution >= 0.6 is 11.3 Å². The van der Waals surface area contributed by atoms with Crippen molar-refractivity contribution in [2.75, 3.05) is 11.4 Å². The molecule has 0 bridgehead atoms. The average Bonchev–Trinajstić information content (AvgIpc) is 3.23. The van der Waals surface area contributed by atoms with Crippen molar-refractivity contribution in [2.45, 2.75) is 25.7 Å². The van der Waals surface area contributed by atoms with Crippen molar-refractivity contribution < 1.29 is 14.4 Å². The van der Waals surface area contributed by atoms with Gasteiger partial charge in [0.05, 0.1) is 10.7 Å². The van der Waals surface area contributed by atoms with E-state index in [0.717, 1.165) is 9.91 Å². The van der Waals surface area contributed by atoms with Crippen LogP contribution in [0.1, 0.15) is 41.0 Å². The molecule has 7 heteroatoms. The highest BCUT2D eigenvalue weighted by atomic mass is 32.1. The molecule has 3 rings (SSSR count). The molecule has 6 nitrogen and oxygen atoms in total. The minimum Gasteiger partial charge on any atom is -0.351 e. The van der Waals surface area contributed by atoms with E-state index in [2.05, 4.69) is 10.3 Å². The van der Waals surface area contributed by atoms with E-state index >= 15 is 0 Å². The molecule has 24 heavy (non-hydrogen) atoms. The molecule has 1 aliphatic rings. The van der Waals surface area contributed by atoms with Crippen molar-refractivity contribution in [3.63, 3.8) is 0 Å². The molecule has 1 fully saturated rings. The number of nitrogens with zero attached hydrogens (tertiary/aromatic N) is 2. The largest absolute Gasteiger partial charge is 0.351 e. The molecule has 1 saturated heterocycles. The summed E-state index contributed by atoms with van der Waals surface area (Å²) < 4.78 is 0. The summed E-state index contributed by atoms with van der Waals surface area (Å²) in [6.07, 6.45) is 2.19. The van der Waals surface area contributed by atoms with Crippen LogP contribution in [0.5, 0.6) is 0 Å². The summed E-state index contributed by atoms with van der Waals surface area (Å²) in [5.41, 5.74) is 0.870. The number of amides is 3. The van der Waals surface area contributed by atoms with Gasteiger partial charge < -0.3 is 5.32 Å². The van der Waals surface area contributed by atoms with Gasteiger partial charge in [-0.2, -0.15) is 0 Å². The third-order valence-electron chi connectivity index (χ3n) is 3.86. The molecule has 1 aromatic carbocycles. The van der Waals surface area contributed by atoms with Gasteiger partial charge in [0.15, 0.2) is 0 Å². The first-order chi connectivity index (χ1) is 11.6. The third kappa shape index (κ3) is 3.35. The van der Waals surface area contributed by atoms with Crippen LogP contribution in [0.3, 0.4) is 0 Å². The van der Waals surface area contributed by atoms with Crippen molar-refractivity contribution in [2.24, 2.45) is 0 Å². The summed E-state index contributed by atoms with van der Waals surface area (Å²) in [7, 11) is 0. The molecule has 124 valence electrons. The number of carbonyl (C=O) groups is 3. The second kappa shape index (κ2) is 6.92. The maximum absolute atomic E-state index is 12.3. The predicted molar refractivity (Wildman–Crippen MR) is 91.0 cm³/mol. The van der Waals surface area contributed by atoms with Gasteiger partial charge in [-0.1, -0.05) is 13.0 Å². The number of hydrogen-bond donors (Lipinski definition) is 1. The van der Waals surface area contributed by atoms with Crippen molar-refractivity contribution in [1.82, 2.24) is 10.3 Å². The molecule has 0 radical (unpaired) electrons. The van der Waals surface area contributed by atoms with Crippen LogP contribution < -0.4 is 10.2 Å². The van der Waals surface area contributed by atoms with Crippen molar-refractivity contribution in [3.05, 3.63) is 46.4 Å². The summed E-state index contributed by atoms with van der Waals surface area (Å²) in [6, 6.07) is 6.58. The second-order valence-electron chi connectivity index (χ2n) is 5.65. The number of nitrogens with one attached hydrogen (secondary N) is 1. The van der Waals surface area contributed by atoms with Gasteiger partial charge in [0, 0.05) is 42.4 Å². The number of benzene rings is 1. The Balaban J connectivity index is 1.68. The molecular formula is C17H17N3O3S. The van der Waals surface area contributed by atoms with Gasteiger partial charge in [-0.25, -0.2) is 4.98 Å². The lowest BCUT2D eigenvalue weighted by Gasteiger charge is -2.15. The zero-order valence-electron chi connectivity index (χ0n) is 13.2. The number of hydrogen-bond acceptors (Lipinski definition) is 5. The second-order valence-corrected chi connectivity index (χ2v) is 6.58. The van der Waals surface area contributed by atoms with Crippen LogP contribution in [-0.2, 0) is 9.59 Å². The Hall–Kier alpha value is -2.54. The molecule has 0 aliphatic carbocycles. The average molecular weight is 343 g/mol. The van der Waals surface area contributed by atoms with Crippen LogP contribution in [0.25, 0.3) is 0 Å². The predicted octanol–water partition coefficient (Wildman–Crippen LogP) is 2.33. The van der Waals surface area contributed by atoms with E-state index in [1.165, 1.54) is 0 Å². The first kappa shape index (κ1) is 16.3. The zero-order chi connectivity index (χ0) is 17.1. The number of rotatable bonds is 5. The number of imide groups is 1. The molecule has 0 saturated carbocycles. The summed E-state index contributed by atoms with van der Waals surface area (Å²) in [5.74, 6) is -0.567. The molecule has 1 atom stereocenters. The van der Waals surface area contributed by atoms with Gasteiger partial charge in [0.25, 0.3) is 5.91 Å². The van der Waals surface area contributed by atoms with Crippen molar-refractivity contribution in [3.8, 4) is 0 Å². The highest BCUT2D eigenvalue weighted by Gasteiger charge is 2.30. The Kier molecular flexibility index (Phi) is 4.71. The highest BCUT2D eigenvalue weighted by Crippen LogP contribution is 2.23. The van der Waals surface area contributed by atoms with Gasteiger partial charge in [0.1, 0.15) is 0 Å². The lowest BCUT2D eigenvalue weighted by atomic mass is 10.1. The minimum absolute atomic E-state index is 0.124. The van der Waals surface area contributed by atoms with Crippen molar-refractivity contribution >= 4 is 34.7 Å². The van der Waals surface area contributed by atoms with E-state index in [-0.39, 0.29) is 36.5 Å². The minimum atomic E-state index is -0.237. The van der Waals surface area contributed by atoms with Crippen LogP contribution in [0.2, 0.25) is 0 Å². The van der Waals surface area contributed by atoms with E-state index in [1.54, 1.807) is 41.8 Å². The number of aromatic nitrogens is 1. The van der Waals surface area contributed by atoms with E-state index in [1.807, 2.05) is 12.3 Å². The molecular weight excluding hydrogens is 326 g/mol. The zero-order valence-corrected chi connectivity index (χ0v) is 14.0. The Morgan fingerprint density at radius 1 is 1.33 bits per heavy atom. The Morgan fingerprint density at radius 3 is 2.75 bits per heavy atom. The van der Waals surface area contributed by atoms with E-state index in [9.17, 15) is 14.4 Å². The SMILES string of the molecule is CC(CNC(=O)c1cccc(N2C(=O)CCC2=O)c1)c1nccs1. The van der Waals surface area contributed by atoms with Gasteiger partial charge in [0.2, 0.25) is 11.8 Å². The van der Waals surface area contributed by atoms with E-state index in [4.69, 9.17) is 0 Å². The molecule has 1 unspecified atom stereocenters. The molecule has 1 aliphatic heterocycles. The van der Waals surface area contributed by atoms with Crippen LogP contribution in [0.4, 0.5) is 5.69 Å². The molecule has 1 N–H and O–H groups in total. The van der Waals surface area contributed by atoms with E-state index < -0.39 is 0 Å². The van der Waals surface area contributed by atoms with Crippen LogP contribution in [-0.4, -0.2) is 29.3 Å². The van der Waals surface area contributed by atoms with Gasteiger partial charge >= 0.3 is 0 Å². The Morgan fingerprint density at radius 2 is 2.08 bits per heavy atom. The summed E-state index contributed by atoms with van der Waals surface area (Å²) >= 11 is 1.55. The molecule has 1 aromatic heterocycles. The summed E-state index contributed by atoms with van der Waals surface area (Å²) in [6.45, 7) is 2.47. The lowest BCUT2D eigenvalue weighted by Crippen LogP contribution is -2.30. The number of thiazole rings is 1. The molecule has 0 spiro atoms. The maximum atomic E-state index is 12.3. The highest BCUT2D eigenvalue weighted by molar-refractivity contribution is 7.09. The van der Waals surface area contributed by atoms with Crippen LogP contribution in [0, 0.1) is 0 Å². The molecule has 2 aromatic rings. The normalized spacial score (nSPS) is 15.6. The standard InChI is InChI=1S/C17H17N3O3S/c1-11(17-18-7-8-24-17)10-19-16(23)12-3-2-4-13(9-12)20-14(21)5-6-15(20)22/h2-4,7-9,11H,5-6,10H2,1H3,(H,19,23). The van der Waals surface area contributed by atoms with Crippen molar-refractivity contribution in [1.29, 1.82) is 0 Å². The smallest absolute Gasteiger partial charge is 0.251 e. The quantitative estimate of drug-likeness (QED) is 0.845. The molecule has 3 amide bonds. The Bertz CT molecular complexity index is 757.